The molecule has 0 aliphatic rings. The van der Waals surface area contributed by atoms with Crippen LogP contribution in [0.25, 0.3) is 0 Å². The third-order valence-electron chi connectivity index (χ3n) is 2.22. The highest BCUT2D eigenvalue weighted by molar-refractivity contribution is 7.17. The minimum Gasteiger partial charge on any atom is -0.465 e. The predicted molar refractivity (Wildman–Crippen MR) is 72.4 cm³/mol. The highest BCUT2D eigenvalue weighted by Gasteiger charge is 2.15. The van der Waals surface area contributed by atoms with Crippen LogP contribution in [0.4, 0.5) is 5.13 Å². The molecule has 7 heteroatoms. The molecule has 2 aromatic rings. The van der Waals surface area contributed by atoms with Gasteiger partial charge >= 0.3 is 5.97 Å². The lowest BCUT2D eigenvalue weighted by atomic mass is 10.4. The monoisotopic (exact) mass is 283 g/mol. The van der Waals surface area contributed by atoms with Gasteiger partial charge in [0.1, 0.15) is 9.88 Å². The molecule has 96 valence electrons. The molecule has 2 aromatic heterocycles. The fourth-order valence-corrected chi connectivity index (χ4v) is 2.98. The van der Waals surface area contributed by atoms with E-state index in [1.165, 1.54) is 18.4 Å². The molecule has 0 fully saturated rings. The lowest BCUT2D eigenvalue weighted by Crippen LogP contribution is -1.99. The number of carbonyl (C=O) groups excluding carboxylic acids is 1. The Balaban J connectivity index is 2.04. The number of thiazole rings is 2. The summed E-state index contributed by atoms with van der Waals surface area (Å²) in [5.41, 5.74) is 1.70. The summed E-state index contributed by atoms with van der Waals surface area (Å²) in [4.78, 5) is 20.6. The largest absolute Gasteiger partial charge is 0.465 e. The summed E-state index contributed by atoms with van der Waals surface area (Å²) in [6.07, 6.45) is 0. The summed E-state index contributed by atoms with van der Waals surface area (Å²) < 4.78 is 4.69. The molecule has 0 aliphatic heterocycles. The Morgan fingerprint density at radius 2 is 2.22 bits per heavy atom. The third-order valence-corrected chi connectivity index (χ3v) is 4.29. The van der Waals surface area contributed by atoms with Crippen LogP contribution in [0.3, 0.4) is 0 Å². The Morgan fingerprint density at radius 3 is 2.83 bits per heavy atom. The van der Waals surface area contributed by atoms with E-state index >= 15 is 0 Å². The van der Waals surface area contributed by atoms with Crippen molar-refractivity contribution in [2.24, 2.45) is 0 Å². The molecule has 0 spiro atoms. The van der Waals surface area contributed by atoms with E-state index in [1.54, 1.807) is 18.3 Å². The molecule has 5 nitrogen and oxygen atoms in total. The van der Waals surface area contributed by atoms with Crippen molar-refractivity contribution in [3.8, 4) is 0 Å². The minimum absolute atomic E-state index is 0.344. The first-order valence-corrected chi connectivity index (χ1v) is 7.00. The van der Waals surface area contributed by atoms with Crippen LogP contribution in [0.15, 0.2) is 5.38 Å². The van der Waals surface area contributed by atoms with Crippen LogP contribution in [-0.2, 0) is 11.3 Å². The molecule has 0 radical (unpaired) electrons. The topological polar surface area (TPSA) is 64.1 Å². The summed E-state index contributed by atoms with van der Waals surface area (Å²) >= 11 is 2.90. The van der Waals surface area contributed by atoms with Gasteiger partial charge < -0.3 is 10.1 Å². The van der Waals surface area contributed by atoms with Crippen LogP contribution in [0.2, 0.25) is 0 Å². The van der Waals surface area contributed by atoms with Crippen molar-refractivity contribution >= 4 is 33.8 Å². The second kappa shape index (κ2) is 5.45. The molecular formula is C11H13N3O2S2. The summed E-state index contributed by atoms with van der Waals surface area (Å²) in [6, 6.07) is 0. The maximum atomic E-state index is 11.4. The summed E-state index contributed by atoms with van der Waals surface area (Å²) in [6.45, 7) is 4.37. The van der Waals surface area contributed by atoms with Crippen molar-refractivity contribution in [1.82, 2.24) is 9.97 Å². The van der Waals surface area contributed by atoms with E-state index in [0.717, 1.165) is 10.7 Å². The normalized spacial score (nSPS) is 10.4. The Labute approximate surface area is 113 Å². The Bertz CT molecular complexity index is 562. The summed E-state index contributed by atoms with van der Waals surface area (Å²) in [7, 11) is 1.37. The molecule has 0 unspecified atom stereocenters. The lowest BCUT2D eigenvalue weighted by Gasteiger charge is -1.97. The zero-order valence-corrected chi connectivity index (χ0v) is 11.9. The maximum absolute atomic E-state index is 11.4. The van der Waals surface area contributed by atoms with Gasteiger partial charge in [0.05, 0.1) is 19.3 Å². The zero-order chi connectivity index (χ0) is 13.1. The SMILES string of the molecule is COC(=O)c1sc(NCc2nc(C)cs2)nc1C. The number of carbonyl (C=O) groups is 1. The number of nitrogens with zero attached hydrogens (tertiary/aromatic N) is 2. The second-order valence-corrected chi connectivity index (χ2v) is 5.60. The number of nitrogens with one attached hydrogen (secondary N) is 1. The van der Waals surface area contributed by atoms with Gasteiger partial charge in [-0.1, -0.05) is 11.3 Å². The number of hydrogen-bond acceptors (Lipinski definition) is 7. The Morgan fingerprint density at radius 1 is 1.44 bits per heavy atom. The molecule has 0 aliphatic carbocycles. The molecule has 0 aromatic carbocycles. The Hall–Kier alpha value is -1.47. The van der Waals surface area contributed by atoms with E-state index in [4.69, 9.17) is 0 Å². The van der Waals surface area contributed by atoms with Crippen molar-refractivity contribution < 1.29 is 9.53 Å². The molecule has 0 amide bonds. The van der Waals surface area contributed by atoms with Crippen LogP contribution in [0.5, 0.6) is 0 Å². The fraction of sp³-hybridized carbons (Fsp3) is 0.364. The van der Waals surface area contributed by atoms with Crippen LogP contribution in [0, 0.1) is 13.8 Å². The molecule has 1 N–H and O–H groups in total. The first kappa shape index (κ1) is 13.0. The average Bonchev–Trinajstić information content (AvgIpc) is 2.92. The number of anilines is 1. The molecule has 0 saturated carbocycles. The van der Waals surface area contributed by atoms with Gasteiger partial charge in [0.15, 0.2) is 5.13 Å². The minimum atomic E-state index is -0.344. The van der Waals surface area contributed by atoms with Crippen molar-refractivity contribution in [2.75, 3.05) is 12.4 Å². The van der Waals surface area contributed by atoms with Gasteiger partial charge in [0.2, 0.25) is 0 Å². The molecule has 2 heterocycles. The van der Waals surface area contributed by atoms with Crippen LogP contribution >= 0.6 is 22.7 Å². The highest BCUT2D eigenvalue weighted by atomic mass is 32.1. The van der Waals surface area contributed by atoms with Crippen molar-refractivity contribution in [3.05, 3.63) is 26.7 Å². The number of aromatic nitrogens is 2. The standard InChI is InChI=1S/C11H13N3O2S2/c1-6-5-17-8(13-6)4-12-11-14-7(2)9(18-11)10(15)16-3/h5H,4H2,1-3H3,(H,12,14). The van der Waals surface area contributed by atoms with Crippen LogP contribution < -0.4 is 5.32 Å². The highest BCUT2D eigenvalue weighted by Crippen LogP contribution is 2.24. The molecule has 0 atom stereocenters. The Kier molecular flexibility index (Phi) is 3.93. The molecular weight excluding hydrogens is 270 g/mol. The van der Waals surface area contributed by atoms with Crippen LogP contribution in [0.1, 0.15) is 26.1 Å². The number of aryl methyl sites for hydroxylation is 2. The fourth-order valence-electron chi connectivity index (χ4n) is 1.39. The van der Waals surface area contributed by atoms with Crippen molar-refractivity contribution in [3.63, 3.8) is 0 Å². The molecule has 0 saturated heterocycles. The summed E-state index contributed by atoms with van der Waals surface area (Å²) in [5, 5.41) is 6.87. The quantitative estimate of drug-likeness (QED) is 0.874. The predicted octanol–water partition coefficient (Wildman–Crippen LogP) is 2.62. The first-order valence-electron chi connectivity index (χ1n) is 5.30. The van der Waals surface area contributed by atoms with Gasteiger partial charge in [-0.3, -0.25) is 0 Å². The van der Waals surface area contributed by atoms with Crippen LogP contribution in [-0.4, -0.2) is 23.0 Å². The van der Waals surface area contributed by atoms with Gasteiger partial charge in [-0.2, -0.15) is 0 Å². The summed E-state index contributed by atoms with van der Waals surface area (Å²) in [5.74, 6) is -0.344. The number of esters is 1. The molecule has 18 heavy (non-hydrogen) atoms. The van der Waals surface area contributed by atoms with Gasteiger partial charge in [-0.25, -0.2) is 14.8 Å². The average molecular weight is 283 g/mol. The van der Waals surface area contributed by atoms with Gasteiger partial charge in [0.25, 0.3) is 0 Å². The zero-order valence-electron chi connectivity index (χ0n) is 10.3. The number of hydrogen-bond donors (Lipinski definition) is 1. The molecule has 2 rings (SSSR count). The van der Waals surface area contributed by atoms with Crippen molar-refractivity contribution in [1.29, 1.82) is 0 Å². The number of methoxy groups -OCH3 is 1. The number of ether oxygens (including phenoxy) is 1. The van der Waals surface area contributed by atoms with Gasteiger partial charge in [0, 0.05) is 11.1 Å². The lowest BCUT2D eigenvalue weighted by molar-refractivity contribution is 0.0605. The van der Waals surface area contributed by atoms with E-state index in [0.29, 0.717) is 22.2 Å². The van der Waals surface area contributed by atoms with Crippen molar-refractivity contribution in [2.45, 2.75) is 20.4 Å². The van der Waals surface area contributed by atoms with E-state index in [-0.39, 0.29) is 5.97 Å². The first-order chi connectivity index (χ1) is 8.60. The van der Waals surface area contributed by atoms with E-state index in [1.807, 2.05) is 12.3 Å². The maximum Gasteiger partial charge on any atom is 0.350 e. The van der Waals surface area contributed by atoms with E-state index in [9.17, 15) is 4.79 Å². The molecule has 0 bridgehead atoms. The number of rotatable bonds is 4. The third kappa shape index (κ3) is 2.85. The van der Waals surface area contributed by atoms with E-state index < -0.39 is 0 Å². The van der Waals surface area contributed by atoms with Gasteiger partial charge in [-0.15, -0.1) is 11.3 Å². The van der Waals surface area contributed by atoms with E-state index in [2.05, 4.69) is 20.0 Å². The van der Waals surface area contributed by atoms with Gasteiger partial charge in [-0.05, 0) is 13.8 Å². The smallest absolute Gasteiger partial charge is 0.350 e. The second-order valence-electron chi connectivity index (χ2n) is 3.66.